The number of rotatable bonds is 5. The summed E-state index contributed by atoms with van der Waals surface area (Å²) < 4.78 is 5.30. The van der Waals surface area contributed by atoms with Crippen LogP contribution in [-0.4, -0.2) is 34.3 Å². The summed E-state index contributed by atoms with van der Waals surface area (Å²) in [5.41, 5.74) is 6.72. The molecule has 6 nitrogen and oxygen atoms in total. The van der Waals surface area contributed by atoms with E-state index >= 15 is 0 Å². The third-order valence-corrected chi connectivity index (χ3v) is 1.89. The van der Waals surface area contributed by atoms with Crippen molar-refractivity contribution < 1.29 is 15.1 Å². The Morgan fingerprint density at radius 1 is 1.56 bits per heavy atom. The molecule has 0 bridgehead atoms. The Hall–Kier alpha value is -1.82. The van der Waals surface area contributed by atoms with Gasteiger partial charge in [0.15, 0.2) is 5.84 Å². The number of nitrogens with zero attached hydrogens (tertiary/aromatic N) is 2. The lowest BCUT2D eigenvalue weighted by Gasteiger charge is -2.07. The number of aliphatic hydroxyl groups excluding tert-OH is 1. The summed E-state index contributed by atoms with van der Waals surface area (Å²) in [6, 6.07) is 3.27. The number of hydrogen-bond acceptors (Lipinski definition) is 5. The molecular formula is C10H15N3O3. The third-order valence-electron chi connectivity index (χ3n) is 1.89. The quantitative estimate of drug-likeness (QED) is 0.219. The van der Waals surface area contributed by atoms with Crippen molar-refractivity contribution in [2.45, 2.75) is 13.3 Å². The number of amidine groups is 1. The standard InChI is InChI=1S/C10H15N3O3/c1-7-5-8(10(11)13-15)6-9(12-7)16-4-2-3-14/h5-6,14-15H,2-4H2,1H3,(H2,11,13). The molecule has 6 heteroatoms. The summed E-state index contributed by atoms with van der Waals surface area (Å²) in [6.07, 6.45) is 0.536. The molecule has 0 unspecified atom stereocenters. The van der Waals surface area contributed by atoms with Crippen molar-refractivity contribution in [2.75, 3.05) is 13.2 Å². The summed E-state index contributed by atoms with van der Waals surface area (Å²) >= 11 is 0. The first-order valence-electron chi connectivity index (χ1n) is 4.87. The van der Waals surface area contributed by atoms with E-state index in [0.717, 1.165) is 0 Å². The Morgan fingerprint density at radius 2 is 2.31 bits per heavy atom. The van der Waals surface area contributed by atoms with Crippen LogP contribution in [0.2, 0.25) is 0 Å². The Bertz CT molecular complexity index is 380. The molecule has 16 heavy (non-hydrogen) atoms. The lowest BCUT2D eigenvalue weighted by Crippen LogP contribution is -2.14. The zero-order valence-corrected chi connectivity index (χ0v) is 9.05. The van der Waals surface area contributed by atoms with Crippen LogP contribution in [0.15, 0.2) is 17.3 Å². The van der Waals surface area contributed by atoms with Crippen LogP contribution in [0.3, 0.4) is 0 Å². The highest BCUT2D eigenvalue weighted by molar-refractivity contribution is 5.97. The Morgan fingerprint density at radius 3 is 2.94 bits per heavy atom. The van der Waals surface area contributed by atoms with Crippen molar-refractivity contribution in [3.63, 3.8) is 0 Å². The highest BCUT2D eigenvalue weighted by Gasteiger charge is 2.04. The smallest absolute Gasteiger partial charge is 0.214 e. The molecule has 1 aromatic heterocycles. The first-order chi connectivity index (χ1) is 7.67. The van der Waals surface area contributed by atoms with Crippen LogP contribution >= 0.6 is 0 Å². The average molecular weight is 225 g/mol. The molecule has 1 rings (SSSR count). The van der Waals surface area contributed by atoms with E-state index in [1.165, 1.54) is 0 Å². The van der Waals surface area contributed by atoms with Crippen LogP contribution in [0.25, 0.3) is 0 Å². The number of oxime groups is 1. The summed E-state index contributed by atoms with van der Waals surface area (Å²) in [5.74, 6) is 0.410. The highest BCUT2D eigenvalue weighted by atomic mass is 16.5. The van der Waals surface area contributed by atoms with Gasteiger partial charge in [0.25, 0.3) is 0 Å². The van der Waals surface area contributed by atoms with E-state index in [4.69, 9.17) is 20.8 Å². The van der Waals surface area contributed by atoms with Gasteiger partial charge in [0.2, 0.25) is 5.88 Å². The number of pyridine rings is 1. The third kappa shape index (κ3) is 3.39. The van der Waals surface area contributed by atoms with Crippen LogP contribution < -0.4 is 10.5 Å². The second kappa shape index (κ2) is 5.92. The van der Waals surface area contributed by atoms with Crippen LogP contribution in [0.1, 0.15) is 17.7 Å². The van der Waals surface area contributed by atoms with Gasteiger partial charge in [-0.25, -0.2) is 4.98 Å². The fourth-order valence-corrected chi connectivity index (χ4v) is 1.16. The number of hydrogen-bond donors (Lipinski definition) is 3. The van der Waals surface area contributed by atoms with Gasteiger partial charge in [-0.15, -0.1) is 0 Å². The van der Waals surface area contributed by atoms with Gasteiger partial charge in [0, 0.05) is 30.4 Å². The van der Waals surface area contributed by atoms with Crippen molar-refractivity contribution in [3.05, 3.63) is 23.4 Å². The molecule has 1 heterocycles. The lowest BCUT2D eigenvalue weighted by molar-refractivity contribution is 0.229. The number of ether oxygens (including phenoxy) is 1. The Balaban J connectivity index is 2.82. The molecule has 0 radical (unpaired) electrons. The molecule has 0 spiro atoms. The number of nitrogens with two attached hydrogens (primary N) is 1. The van der Waals surface area contributed by atoms with Crippen molar-refractivity contribution in [2.24, 2.45) is 10.9 Å². The van der Waals surface area contributed by atoms with Crippen molar-refractivity contribution >= 4 is 5.84 Å². The largest absolute Gasteiger partial charge is 0.478 e. The minimum Gasteiger partial charge on any atom is -0.478 e. The molecule has 0 aromatic carbocycles. The van der Waals surface area contributed by atoms with E-state index in [1.807, 2.05) is 0 Å². The van der Waals surface area contributed by atoms with E-state index in [1.54, 1.807) is 19.1 Å². The molecule has 88 valence electrons. The molecule has 0 aliphatic rings. The van der Waals surface area contributed by atoms with Gasteiger partial charge in [0.1, 0.15) is 0 Å². The fraction of sp³-hybridized carbons (Fsp3) is 0.400. The molecule has 0 fully saturated rings. The molecule has 0 amide bonds. The molecule has 0 aliphatic carbocycles. The maximum Gasteiger partial charge on any atom is 0.214 e. The molecule has 4 N–H and O–H groups in total. The number of aromatic nitrogens is 1. The molecule has 1 aromatic rings. The van der Waals surface area contributed by atoms with Gasteiger partial charge in [-0.3, -0.25) is 0 Å². The zero-order valence-electron chi connectivity index (χ0n) is 9.05. The normalized spacial score (nSPS) is 11.5. The van der Waals surface area contributed by atoms with Crippen LogP contribution in [0.5, 0.6) is 5.88 Å². The van der Waals surface area contributed by atoms with Crippen molar-refractivity contribution in [3.8, 4) is 5.88 Å². The lowest BCUT2D eigenvalue weighted by atomic mass is 10.2. The highest BCUT2D eigenvalue weighted by Crippen LogP contribution is 2.12. The first-order valence-corrected chi connectivity index (χ1v) is 4.87. The number of aliphatic hydroxyl groups is 1. The van der Waals surface area contributed by atoms with Crippen molar-refractivity contribution in [1.82, 2.24) is 4.98 Å². The number of aryl methyl sites for hydroxylation is 1. The molecule has 0 atom stereocenters. The first kappa shape index (κ1) is 12.3. The maximum absolute atomic E-state index is 8.61. The van der Waals surface area contributed by atoms with Gasteiger partial charge in [-0.1, -0.05) is 5.16 Å². The van der Waals surface area contributed by atoms with E-state index < -0.39 is 0 Å². The molecule has 0 aliphatic heterocycles. The monoisotopic (exact) mass is 225 g/mol. The van der Waals surface area contributed by atoms with E-state index in [9.17, 15) is 0 Å². The average Bonchev–Trinajstić information content (AvgIpc) is 2.27. The summed E-state index contributed by atoms with van der Waals surface area (Å²) in [4.78, 5) is 4.13. The Labute approximate surface area is 93.4 Å². The SMILES string of the molecule is Cc1cc(/C(N)=N/O)cc(OCCCO)n1. The van der Waals surface area contributed by atoms with E-state index in [-0.39, 0.29) is 12.4 Å². The van der Waals surface area contributed by atoms with Gasteiger partial charge < -0.3 is 20.8 Å². The minimum atomic E-state index is 0.0116. The minimum absolute atomic E-state index is 0.0116. The topological polar surface area (TPSA) is 101 Å². The van der Waals surface area contributed by atoms with Crippen LogP contribution in [0, 0.1) is 6.92 Å². The second-order valence-electron chi connectivity index (χ2n) is 3.25. The Kier molecular flexibility index (Phi) is 4.53. The van der Waals surface area contributed by atoms with Gasteiger partial charge in [-0.2, -0.15) is 0 Å². The zero-order chi connectivity index (χ0) is 12.0. The van der Waals surface area contributed by atoms with E-state index in [0.29, 0.717) is 30.2 Å². The maximum atomic E-state index is 8.61. The van der Waals surface area contributed by atoms with Crippen molar-refractivity contribution in [1.29, 1.82) is 0 Å². The summed E-state index contributed by atoms with van der Waals surface area (Å²) in [6.45, 7) is 2.23. The molecule has 0 saturated carbocycles. The van der Waals surface area contributed by atoms with Gasteiger partial charge in [-0.05, 0) is 13.0 Å². The van der Waals surface area contributed by atoms with Gasteiger partial charge >= 0.3 is 0 Å². The predicted octanol–water partition coefficient (Wildman–Crippen LogP) is 0.246. The van der Waals surface area contributed by atoms with E-state index in [2.05, 4.69) is 10.1 Å². The molecular weight excluding hydrogens is 210 g/mol. The van der Waals surface area contributed by atoms with Crippen LogP contribution in [-0.2, 0) is 0 Å². The van der Waals surface area contributed by atoms with Crippen LogP contribution in [0.4, 0.5) is 0 Å². The van der Waals surface area contributed by atoms with Gasteiger partial charge in [0.05, 0.1) is 6.61 Å². The fourth-order valence-electron chi connectivity index (χ4n) is 1.16. The summed E-state index contributed by atoms with van der Waals surface area (Å²) in [7, 11) is 0. The second-order valence-corrected chi connectivity index (χ2v) is 3.25. The summed E-state index contributed by atoms with van der Waals surface area (Å²) in [5, 5.41) is 20.1. The predicted molar refractivity (Wildman–Crippen MR) is 58.7 cm³/mol. The molecule has 0 saturated heterocycles.